The molecule has 5 rings (SSSR count). The van der Waals surface area contributed by atoms with Gasteiger partial charge in [0.25, 0.3) is 5.91 Å². The number of carbonyl (C=O) groups excluding carboxylic acids is 1. The molecule has 1 aromatic heterocycles. The Kier molecular flexibility index (Phi) is 5.56. The molecule has 0 unspecified atom stereocenters. The summed E-state index contributed by atoms with van der Waals surface area (Å²) >= 11 is 12.3. The van der Waals surface area contributed by atoms with E-state index in [1.807, 2.05) is 25.1 Å². The molecule has 1 saturated carbocycles. The number of nitrogens with one attached hydrogen (secondary N) is 2. The zero-order valence-corrected chi connectivity index (χ0v) is 19.2. The summed E-state index contributed by atoms with van der Waals surface area (Å²) in [4.78, 5) is 21.4. The summed E-state index contributed by atoms with van der Waals surface area (Å²) in [6.45, 7) is 1.94. The first-order valence-corrected chi connectivity index (χ1v) is 11.3. The van der Waals surface area contributed by atoms with Crippen LogP contribution >= 0.6 is 23.2 Å². The molecule has 0 atom stereocenters. The van der Waals surface area contributed by atoms with Gasteiger partial charge in [0, 0.05) is 39.8 Å². The normalized spacial score (nSPS) is 13.2. The van der Waals surface area contributed by atoms with Crippen LogP contribution in [0.15, 0.2) is 54.7 Å². The van der Waals surface area contributed by atoms with Gasteiger partial charge in [0.1, 0.15) is 5.75 Å². The molecule has 8 heteroatoms. The summed E-state index contributed by atoms with van der Waals surface area (Å²) in [5.41, 5.74) is 4.06. The van der Waals surface area contributed by atoms with Crippen molar-refractivity contribution in [3.05, 3.63) is 75.9 Å². The highest BCUT2D eigenvalue weighted by atomic mass is 35.5. The predicted octanol–water partition coefficient (Wildman–Crippen LogP) is 6.25. The SMILES string of the molecule is Cc1ccc(C(=O)NC2CC2)cc1-c1cc2cnc(Nc3cc(Cl)ccc3Cl)nc2cc1O. The largest absolute Gasteiger partial charge is 0.507 e. The highest BCUT2D eigenvalue weighted by Gasteiger charge is 2.24. The van der Waals surface area contributed by atoms with Crippen molar-refractivity contribution < 1.29 is 9.90 Å². The van der Waals surface area contributed by atoms with Crippen molar-refractivity contribution in [3.63, 3.8) is 0 Å². The molecule has 4 aromatic rings. The van der Waals surface area contributed by atoms with E-state index >= 15 is 0 Å². The van der Waals surface area contributed by atoms with Gasteiger partial charge in [0.15, 0.2) is 0 Å². The van der Waals surface area contributed by atoms with Gasteiger partial charge in [-0.15, -0.1) is 0 Å². The smallest absolute Gasteiger partial charge is 0.251 e. The Labute approximate surface area is 200 Å². The first kappa shape index (κ1) is 21.5. The van der Waals surface area contributed by atoms with Gasteiger partial charge in [-0.3, -0.25) is 4.79 Å². The van der Waals surface area contributed by atoms with E-state index in [1.165, 1.54) is 0 Å². The number of hydrogen-bond donors (Lipinski definition) is 3. The minimum Gasteiger partial charge on any atom is -0.507 e. The third kappa shape index (κ3) is 4.58. The molecular weight excluding hydrogens is 459 g/mol. The van der Waals surface area contributed by atoms with Gasteiger partial charge in [-0.05, 0) is 67.3 Å². The van der Waals surface area contributed by atoms with E-state index in [0.717, 1.165) is 29.4 Å². The minimum atomic E-state index is -0.0993. The summed E-state index contributed by atoms with van der Waals surface area (Å²) in [5.74, 6) is 0.294. The topological polar surface area (TPSA) is 87.1 Å². The summed E-state index contributed by atoms with van der Waals surface area (Å²) in [7, 11) is 0. The van der Waals surface area contributed by atoms with Gasteiger partial charge in [0.2, 0.25) is 5.95 Å². The summed E-state index contributed by atoms with van der Waals surface area (Å²) < 4.78 is 0. The lowest BCUT2D eigenvalue weighted by molar-refractivity contribution is 0.0951. The number of anilines is 2. The second-order valence-corrected chi connectivity index (χ2v) is 8.99. The van der Waals surface area contributed by atoms with Gasteiger partial charge >= 0.3 is 0 Å². The molecule has 1 fully saturated rings. The molecule has 0 radical (unpaired) electrons. The Morgan fingerprint density at radius 1 is 1.06 bits per heavy atom. The fraction of sp³-hybridized carbons (Fsp3) is 0.160. The molecule has 166 valence electrons. The van der Waals surface area contributed by atoms with Gasteiger partial charge in [-0.2, -0.15) is 0 Å². The van der Waals surface area contributed by atoms with E-state index in [4.69, 9.17) is 23.2 Å². The molecule has 33 heavy (non-hydrogen) atoms. The Morgan fingerprint density at radius 3 is 2.67 bits per heavy atom. The van der Waals surface area contributed by atoms with E-state index in [9.17, 15) is 9.90 Å². The Hall–Kier alpha value is -3.35. The van der Waals surface area contributed by atoms with Crippen LogP contribution in [0.25, 0.3) is 22.0 Å². The van der Waals surface area contributed by atoms with Gasteiger partial charge in [-0.1, -0.05) is 29.3 Å². The first-order chi connectivity index (χ1) is 15.9. The first-order valence-electron chi connectivity index (χ1n) is 10.5. The Bertz CT molecular complexity index is 1400. The maximum atomic E-state index is 12.5. The number of phenols is 1. The van der Waals surface area contributed by atoms with E-state index in [-0.39, 0.29) is 17.7 Å². The lowest BCUT2D eigenvalue weighted by atomic mass is 9.96. The number of fused-ring (bicyclic) bond motifs is 1. The summed E-state index contributed by atoms with van der Waals surface area (Å²) in [6, 6.07) is 14.3. The maximum Gasteiger partial charge on any atom is 0.251 e. The van der Waals surface area contributed by atoms with Crippen molar-refractivity contribution in [1.82, 2.24) is 15.3 Å². The Morgan fingerprint density at radius 2 is 1.88 bits per heavy atom. The molecule has 1 aliphatic carbocycles. The number of nitrogens with zero attached hydrogens (tertiary/aromatic N) is 2. The van der Waals surface area contributed by atoms with Crippen molar-refractivity contribution in [2.24, 2.45) is 0 Å². The number of halogens is 2. The van der Waals surface area contributed by atoms with Crippen LogP contribution in [-0.4, -0.2) is 27.0 Å². The molecule has 6 nitrogen and oxygen atoms in total. The minimum absolute atomic E-state index is 0.0655. The van der Waals surface area contributed by atoms with E-state index in [0.29, 0.717) is 38.3 Å². The molecule has 1 aliphatic rings. The van der Waals surface area contributed by atoms with Gasteiger partial charge in [0.05, 0.1) is 16.2 Å². The van der Waals surface area contributed by atoms with E-state index in [2.05, 4.69) is 20.6 Å². The number of benzene rings is 3. The summed E-state index contributed by atoms with van der Waals surface area (Å²) in [5, 5.41) is 18.6. The van der Waals surface area contributed by atoms with Gasteiger partial charge < -0.3 is 15.7 Å². The van der Waals surface area contributed by atoms with E-state index < -0.39 is 0 Å². The average Bonchev–Trinajstić information content (AvgIpc) is 3.60. The number of aromatic nitrogens is 2. The number of rotatable bonds is 5. The molecule has 3 aromatic carbocycles. The third-order valence-corrected chi connectivity index (χ3v) is 6.14. The standard InChI is InChI=1S/C25H20Cl2N4O2/c1-13-2-3-14(24(33)29-17-5-6-17)8-18(13)19-9-15-12-28-25(30-21(15)11-23(19)32)31-22-10-16(26)4-7-20(22)27/h2-4,7-12,17,32H,5-6H2,1H3,(H,29,33)(H,28,30,31). The third-order valence-electron chi connectivity index (χ3n) is 5.57. The predicted molar refractivity (Wildman–Crippen MR) is 132 cm³/mol. The number of hydrogen-bond acceptors (Lipinski definition) is 5. The number of phenolic OH excluding ortho intramolecular Hbond substituents is 1. The lowest BCUT2D eigenvalue weighted by Crippen LogP contribution is -2.25. The molecule has 0 aliphatic heterocycles. The van der Waals surface area contributed by atoms with Crippen molar-refractivity contribution in [2.75, 3.05) is 5.32 Å². The fourth-order valence-corrected chi connectivity index (χ4v) is 3.94. The monoisotopic (exact) mass is 478 g/mol. The lowest BCUT2D eigenvalue weighted by Gasteiger charge is -2.13. The molecule has 0 saturated heterocycles. The molecule has 1 amide bonds. The second kappa shape index (κ2) is 8.54. The number of carbonyl (C=O) groups is 1. The highest BCUT2D eigenvalue weighted by molar-refractivity contribution is 6.35. The van der Waals surface area contributed by atoms with Crippen molar-refractivity contribution in [3.8, 4) is 16.9 Å². The average molecular weight is 479 g/mol. The van der Waals surface area contributed by atoms with Crippen molar-refractivity contribution in [1.29, 1.82) is 0 Å². The van der Waals surface area contributed by atoms with Crippen molar-refractivity contribution in [2.45, 2.75) is 25.8 Å². The van der Waals surface area contributed by atoms with Crippen LogP contribution in [0.2, 0.25) is 10.0 Å². The maximum absolute atomic E-state index is 12.5. The number of aryl methyl sites for hydroxylation is 1. The Balaban J connectivity index is 1.49. The van der Waals surface area contributed by atoms with E-state index in [1.54, 1.807) is 36.5 Å². The van der Waals surface area contributed by atoms with Crippen molar-refractivity contribution >= 4 is 51.6 Å². The molecule has 0 spiro atoms. The van der Waals surface area contributed by atoms with Crippen LogP contribution < -0.4 is 10.6 Å². The zero-order valence-electron chi connectivity index (χ0n) is 17.7. The fourth-order valence-electron chi connectivity index (χ4n) is 3.61. The second-order valence-electron chi connectivity index (χ2n) is 8.15. The highest BCUT2D eigenvalue weighted by Crippen LogP contribution is 2.36. The molecular formula is C25H20Cl2N4O2. The molecule has 1 heterocycles. The quantitative estimate of drug-likeness (QED) is 0.315. The summed E-state index contributed by atoms with van der Waals surface area (Å²) in [6.07, 6.45) is 3.72. The zero-order chi connectivity index (χ0) is 23.1. The van der Waals surface area contributed by atoms with Gasteiger partial charge in [-0.25, -0.2) is 9.97 Å². The van der Waals surface area contributed by atoms with Crippen LogP contribution in [0, 0.1) is 6.92 Å². The van der Waals surface area contributed by atoms with Crippen LogP contribution in [0.5, 0.6) is 5.75 Å². The molecule has 3 N–H and O–H groups in total. The van der Waals surface area contributed by atoms with Crippen LogP contribution in [0.1, 0.15) is 28.8 Å². The van der Waals surface area contributed by atoms with Crippen LogP contribution in [-0.2, 0) is 0 Å². The number of amides is 1. The van der Waals surface area contributed by atoms with Crippen LogP contribution in [0.3, 0.4) is 0 Å². The van der Waals surface area contributed by atoms with Crippen LogP contribution in [0.4, 0.5) is 11.6 Å². The number of aromatic hydroxyl groups is 1. The molecule has 0 bridgehead atoms.